The van der Waals surface area contributed by atoms with E-state index in [2.05, 4.69) is 0 Å². The number of hydrogen-bond donors (Lipinski definition) is 6. The van der Waals surface area contributed by atoms with Gasteiger partial charge in [-0.05, 0) is 0 Å². The highest BCUT2D eigenvalue weighted by Gasteiger charge is 2.37. The zero-order valence-electron chi connectivity index (χ0n) is 6.81. The fourth-order valence-electron chi connectivity index (χ4n) is 0.666. The first-order valence-electron chi connectivity index (χ1n) is 3.47. The Morgan fingerprint density at radius 1 is 0.714 bits per heavy atom. The fourth-order valence-corrected chi connectivity index (χ4v) is 0.666. The second-order valence-corrected chi connectivity index (χ2v) is 2.55. The average molecular weight is 210 g/mol. The van der Waals surface area contributed by atoms with Crippen molar-refractivity contribution >= 4 is 11.9 Å². The Bertz CT molecular complexity index is 202. The van der Waals surface area contributed by atoms with E-state index in [0.29, 0.717) is 0 Å². The molecule has 0 unspecified atom stereocenters. The normalized spacial score (nSPS) is 19.4. The molecule has 0 fully saturated rings. The van der Waals surface area contributed by atoms with Gasteiger partial charge in [0.1, 0.15) is 12.2 Å². The van der Waals surface area contributed by atoms with Gasteiger partial charge >= 0.3 is 11.9 Å². The predicted octanol–water partition coefficient (Wildman–Crippen LogP) is -3.40. The molecule has 8 heteroatoms. The topological polar surface area (TPSA) is 156 Å². The molecule has 0 spiro atoms. The fraction of sp³-hybridized carbons (Fsp3) is 0.667. The monoisotopic (exact) mass is 210 g/mol. The number of carboxylic acid groups (broad SMARTS) is 2. The summed E-state index contributed by atoms with van der Waals surface area (Å²) in [6.45, 7) is 0. The molecule has 0 saturated carbocycles. The van der Waals surface area contributed by atoms with Gasteiger partial charge in [-0.15, -0.1) is 0 Å². The second kappa shape index (κ2) is 4.86. The Labute approximate surface area is 77.7 Å². The van der Waals surface area contributed by atoms with Crippen LogP contribution in [0.5, 0.6) is 0 Å². The van der Waals surface area contributed by atoms with Crippen molar-refractivity contribution in [1.29, 1.82) is 0 Å². The Kier molecular flexibility index (Phi) is 4.44. The van der Waals surface area contributed by atoms with E-state index in [1.54, 1.807) is 0 Å². The van der Waals surface area contributed by atoms with E-state index in [1.165, 1.54) is 0 Å². The Balaban J connectivity index is 4.45. The minimum Gasteiger partial charge on any atom is -0.479 e. The molecule has 8 nitrogen and oxygen atoms in total. The average Bonchev–Trinajstić information content (AvgIpc) is 2.12. The van der Waals surface area contributed by atoms with Crippen molar-refractivity contribution in [1.82, 2.24) is 0 Å². The standard InChI is InChI=1S/C6H10O8/c7-1(3(9)5(11)12)2(8)4(10)6(13)14/h1-4,7-10H,(H,11,12)(H,13,14)/t1-,2-,3-,4+/m1/s1. The van der Waals surface area contributed by atoms with Gasteiger partial charge in [0.25, 0.3) is 0 Å². The number of aliphatic hydroxyl groups excluding tert-OH is 4. The van der Waals surface area contributed by atoms with Gasteiger partial charge in [0, 0.05) is 0 Å². The molecule has 0 aliphatic rings. The van der Waals surface area contributed by atoms with Crippen molar-refractivity contribution in [3.63, 3.8) is 0 Å². The lowest BCUT2D eigenvalue weighted by Gasteiger charge is -2.21. The number of hydrogen-bond acceptors (Lipinski definition) is 6. The summed E-state index contributed by atoms with van der Waals surface area (Å²) in [5.41, 5.74) is 0. The lowest BCUT2D eigenvalue weighted by atomic mass is 10.0. The summed E-state index contributed by atoms with van der Waals surface area (Å²) in [4.78, 5) is 20.2. The minimum atomic E-state index is -2.36. The predicted molar refractivity (Wildman–Crippen MR) is 39.3 cm³/mol. The van der Waals surface area contributed by atoms with Crippen LogP contribution in [0.1, 0.15) is 0 Å². The summed E-state index contributed by atoms with van der Waals surface area (Å²) in [5, 5.41) is 51.5. The summed E-state index contributed by atoms with van der Waals surface area (Å²) in [7, 11) is 0. The van der Waals surface area contributed by atoms with E-state index in [4.69, 9.17) is 30.6 Å². The zero-order chi connectivity index (χ0) is 11.5. The van der Waals surface area contributed by atoms with Gasteiger partial charge in [0.2, 0.25) is 0 Å². The van der Waals surface area contributed by atoms with Crippen LogP contribution in [0.15, 0.2) is 0 Å². The van der Waals surface area contributed by atoms with E-state index in [0.717, 1.165) is 0 Å². The van der Waals surface area contributed by atoms with Gasteiger partial charge in [-0.1, -0.05) is 0 Å². The van der Waals surface area contributed by atoms with Crippen LogP contribution in [0, 0.1) is 0 Å². The van der Waals surface area contributed by atoms with E-state index in [9.17, 15) is 9.59 Å². The summed E-state index contributed by atoms with van der Waals surface area (Å²) in [6.07, 6.45) is -9.28. The van der Waals surface area contributed by atoms with Crippen LogP contribution in [0.2, 0.25) is 0 Å². The molecule has 0 saturated heterocycles. The van der Waals surface area contributed by atoms with Gasteiger partial charge in [-0.25, -0.2) is 9.59 Å². The molecule has 0 bridgehead atoms. The Morgan fingerprint density at radius 2 is 0.929 bits per heavy atom. The van der Waals surface area contributed by atoms with Crippen molar-refractivity contribution in [2.24, 2.45) is 0 Å². The smallest absolute Gasteiger partial charge is 0.335 e. The second-order valence-electron chi connectivity index (χ2n) is 2.55. The maximum absolute atomic E-state index is 10.1. The summed E-state index contributed by atoms with van der Waals surface area (Å²) >= 11 is 0. The first kappa shape index (κ1) is 12.8. The highest BCUT2D eigenvalue weighted by molar-refractivity contribution is 5.75. The molecule has 0 aromatic carbocycles. The van der Waals surface area contributed by atoms with E-state index in [1.807, 2.05) is 0 Å². The quantitative estimate of drug-likeness (QED) is 0.274. The van der Waals surface area contributed by atoms with Crippen molar-refractivity contribution in [3.05, 3.63) is 0 Å². The molecule has 0 heterocycles. The maximum Gasteiger partial charge on any atom is 0.335 e. The van der Waals surface area contributed by atoms with Crippen molar-refractivity contribution in [2.45, 2.75) is 24.4 Å². The zero-order valence-corrected chi connectivity index (χ0v) is 6.81. The van der Waals surface area contributed by atoms with Crippen molar-refractivity contribution in [2.75, 3.05) is 0 Å². The lowest BCUT2D eigenvalue weighted by Crippen LogP contribution is -2.49. The molecular formula is C6H10O8. The summed E-state index contributed by atoms with van der Waals surface area (Å²) < 4.78 is 0. The number of carboxylic acids is 2. The van der Waals surface area contributed by atoms with Crippen molar-refractivity contribution in [3.8, 4) is 0 Å². The minimum absolute atomic E-state index is 1.84. The number of carbonyl (C=O) groups is 2. The van der Waals surface area contributed by atoms with Gasteiger partial charge in [0.05, 0.1) is 0 Å². The molecule has 4 atom stereocenters. The van der Waals surface area contributed by atoms with Gasteiger partial charge < -0.3 is 30.6 Å². The molecule has 0 aliphatic carbocycles. The molecule has 14 heavy (non-hydrogen) atoms. The molecule has 82 valence electrons. The first-order chi connectivity index (χ1) is 6.29. The third-order valence-corrected chi connectivity index (χ3v) is 1.50. The first-order valence-corrected chi connectivity index (χ1v) is 3.47. The van der Waals surface area contributed by atoms with Gasteiger partial charge in [0.15, 0.2) is 12.2 Å². The third kappa shape index (κ3) is 2.92. The molecule has 0 radical (unpaired) electrons. The highest BCUT2D eigenvalue weighted by Crippen LogP contribution is 2.05. The van der Waals surface area contributed by atoms with Crippen LogP contribution in [-0.2, 0) is 9.59 Å². The molecule has 6 N–H and O–H groups in total. The van der Waals surface area contributed by atoms with Crippen LogP contribution in [-0.4, -0.2) is 67.0 Å². The van der Waals surface area contributed by atoms with Crippen LogP contribution in [0.3, 0.4) is 0 Å². The summed E-state index contributed by atoms with van der Waals surface area (Å²) in [6, 6.07) is 0. The molecule has 0 aliphatic heterocycles. The number of rotatable bonds is 5. The van der Waals surface area contributed by atoms with Crippen LogP contribution < -0.4 is 0 Å². The SMILES string of the molecule is O=C(O)[C@@H](O)[C@H](O)[C@@H](O)[C@@H](O)C(=O)O. The number of aliphatic hydroxyl groups is 4. The van der Waals surface area contributed by atoms with E-state index >= 15 is 0 Å². The molecule has 0 aromatic heterocycles. The van der Waals surface area contributed by atoms with E-state index < -0.39 is 36.4 Å². The molecule has 0 rings (SSSR count). The Hall–Kier alpha value is -1.22. The van der Waals surface area contributed by atoms with E-state index in [-0.39, 0.29) is 0 Å². The van der Waals surface area contributed by atoms with Crippen LogP contribution in [0.4, 0.5) is 0 Å². The van der Waals surface area contributed by atoms with Crippen LogP contribution >= 0.6 is 0 Å². The summed E-state index contributed by atoms with van der Waals surface area (Å²) in [5.74, 6) is -3.68. The highest BCUT2D eigenvalue weighted by atomic mass is 16.4. The molecule has 0 aromatic rings. The molecule has 0 amide bonds. The van der Waals surface area contributed by atoms with Crippen LogP contribution in [0.25, 0.3) is 0 Å². The molecular weight excluding hydrogens is 200 g/mol. The maximum atomic E-state index is 10.1. The third-order valence-electron chi connectivity index (χ3n) is 1.50. The lowest BCUT2D eigenvalue weighted by molar-refractivity contribution is -0.172. The number of aliphatic carboxylic acids is 2. The largest absolute Gasteiger partial charge is 0.479 e. The van der Waals surface area contributed by atoms with Gasteiger partial charge in [-0.3, -0.25) is 0 Å². The van der Waals surface area contributed by atoms with Crippen molar-refractivity contribution < 1.29 is 40.2 Å². The Morgan fingerprint density at radius 3 is 1.07 bits per heavy atom. The van der Waals surface area contributed by atoms with Gasteiger partial charge in [-0.2, -0.15) is 0 Å².